The highest BCUT2D eigenvalue weighted by Gasteiger charge is 2.21. The van der Waals surface area contributed by atoms with Gasteiger partial charge in [-0.05, 0) is 37.1 Å². The number of isocyanates is 1. The van der Waals surface area contributed by atoms with Crippen molar-refractivity contribution in [2.24, 2.45) is 4.99 Å². The molecule has 0 fully saturated rings. The Balaban J connectivity index is 2.43. The van der Waals surface area contributed by atoms with Crippen LogP contribution in [0, 0.1) is 13.8 Å². The number of aliphatic imine (C=N–C) groups is 1. The van der Waals surface area contributed by atoms with Gasteiger partial charge in [0.25, 0.3) is 0 Å². The predicted molar refractivity (Wildman–Crippen MR) is 78.8 cm³/mol. The van der Waals surface area contributed by atoms with Gasteiger partial charge in [0.05, 0.1) is 5.69 Å². The Labute approximate surface area is 122 Å². The molecule has 0 saturated heterocycles. The monoisotopic (exact) mass is 279 g/mol. The molecule has 0 saturated carbocycles. The summed E-state index contributed by atoms with van der Waals surface area (Å²) in [5, 5.41) is 0. The van der Waals surface area contributed by atoms with Crippen molar-refractivity contribution in [3.8, 4) is 0 Å². The van der Waals surface area contributed by atoms with Gasteiger partial charge in [-0.3, -0.25) is 9.59 Å². The number of benzene rings is 2. The molecule has 0 unspecified atom stereocenters. The fourth-order valence-electron chi connectivity index (χ4n) is 2.07. The summed E-state index contributed by atoms with van der Waals surface area (Å²) in [6.45, 7) is 3.47. The Hall–Kier alpha value is -2.84. The van der Waals surface area contributed by atoms with E-state index < -0.39 is 11.6 Å². The summed E-state index contributed by atoms with van der Waals surface area (Å²) in [6.07, 6.45) is 1.47. The molecule has 104 valence electrons. The molecule has 0 atom stereocenters. The molecule has 0 N–H and O–H groups in total. The lowest BCUT2D eigenvalue weighted by Crippen LogP contribution is -2.16. The van der Waals surface area contributed by atoms with Crippen molar-refractivity contribution < 1.29 is 14.4 Å². The maximum Gasteiger partial charge on any atom is 0.240 e. The van der Waals surface area contributed by atoms with E-state index in [4.69, 9.17) is 0 Å². The third-order valence-electron chi connectivity index (χ3n) is 3.41. The molecule has 0 heterocycles. The molecule has 0 radical (unpaired) electrons. The molecule has 2 rings (SSSR count). The first-order valence-electron chi connectivity index (χ1n) is 6.38. The summed E-state index contributed by atoms with van der Waals surface area (Å²) < 4.78 is 0. The molecule has 0 aliphatic rings. The molecule has 4 heteroatoms. The Bertz CT molecular complexity index is 757. The zero-order chi connectivity index (χ0) is 15.4. The van der Waals surface area contributed by atoms with Gasteiger partial charge < -0.3 is 0 Å². The van der Waals surface area contributed by atoms with Crippen LogP contribution < -0.4 is 0 Å². The Morgan fingerprint density at radius 2 is 1.57 bits per heavy atom. The Morgan fingerprint density at radius 3 is 2.19 bits per heavy atom. The summed E-state index contributed by atoms with van der Waals surface area (Å²) in [6, 6.07) is 11.5. The van der Waals surface area contributed by atoms with Crippen LogP contribution in [0.2, 0.25) is 0 Å². The number of Topliss-reactive ketones (excluding diaryl/α,β-unsaturated/α-hetero) is 2. The lowest BCUT2D eigenvalue weighted by atomic mass is 9.94. The van der Waals surface area contributed by atoms with E-state index in [0.717, 1.165) is 0 Å². The Kier molecular flexibility index (Phi) is 4.21. The number of carbonyl (C=O) groups excluding carboxylic acids is 3. The molecule has 2 aromatic rings. The highest BCUT2D eigenvalue weighted by Crippen LogP contribution is 2.25. The van der Waals surface area contributed by atoms with Crippen molar-refractivity contribution in [1.29, 1.82) is 0 Å². The lowest BCUT2D eigenvalue weighted by Gasteiger charge is -2.09. The minimum Gasteiger partial charge on any atom is -0.285 e. The molecular formula is C17H13NO3. The molecule has 4 nitrogen and oxygen atoms in total. The quantitative estimate of drug-likeness (QED) is 0.373. The predicted octanol–water partition coefficient (Wildman–Crippen LogP) is 3.34. The van der Waals surface area contributed by atoms with Crippen LogP contribution in [-0.2, 0) is 4.79 Å². The van der Waals surface area contributed by atoms with Crippen LogP contribution in [0.5, 0.6) is 0 Å². The van der Waals surface area contributed by atoms with Gasteiger partial charge in [-0.15, -0.1) is 0 Å². The van der Waals surface area contributed by atoms with Crippen molar-refractivity contribution in [2.75, 3.05) is 0 Å². The largest absolute Gasteiger partial charge is 0.285 e. The molecule has 2 aromatic carbocycles. The molecule has 21 heavy (non-hydrogen) atoms. The van der Waals surface area contributed by atoms with Gasteiger partial charge >= 0.3 is 0 Å². The highest BCUT2D eigenvalue weighted by atomic mass is 16.2. The number of ketones is 2. The average Bonchev–Trinajstić information content (AvgIpc) is 2.52. The van der Waals surface area contributed by atoms with E-state index in [-0.39, 0.29) is 0 Å². The average molecular weight is 279 g/mol. The molecular weight excluding hydrogens is 266 g/mol. The van der Waals surface area contributed by atoms with Crippen molar-refractivity contribution in [3.63, 3.8) is 0 Å². The third-order valence-corrected chi connectivity index (χ3v) is 3.41. The van der Waals surface area contributed by atoms with Crippen LogP contribution >= 0.6 is 0 Å². The van der Waals surface area contributed by atoms with Crippen molar-refractivity contribution >= 4 is 23.3 Å². The van der Waals surface area contributed by atoms with Crippen LogP contribution in [0.25, 0.3) is 0 Å². The van der Waals surface area contributed by atoms with Crippen LogP contribution in [0.4, 0.5) is 5.69 Å². The summed E-state index contributed by atoms with van der Waals surface area (Å²) in [5.41, 5.74) is 2.46. The second kappa shape index (κ2) is 6.07. The molecule has 0 aliphatic heterocycles. The van der Waals surface area contributed by atoms with Gasteiger partial charge in [0.15, 0.2) is 0 Å². The van der Waals surface area contributed by atoms with Gasteiger partial charge in [-0.25, -0.2) is 4.79 Å². The number of hydrogen-bond donors (Lipinski definition) is 0. The zero-order valence-corrected chi connectivity index (χ0v) is 11.7. The fourth-order valence-corrected chi connectivity index (χ4v) is 2.07. The van der Waals surface area contributed by atoms with E-state index in [1.54, 1.807) is 50.2 Å². The van der Waals surface area contributed by atoms with Crippen LogP contribution in [0.3, 0.4) is 0 Å². The van der Waals surface area contributed by atoms with E-state index in [9.17, 15) is 14.4 Å². The third kappa shape index (κ3) is 2.86. The van der Waals surface area contributed by atoms with Crippen LogP contribution in [0.15, 0.2) is 47.5 Å². The number of hydrogen-bond acceptors (Lipinski definition) is 4. The second-order valence-corrected chi connectivity index (χ2v) is 4.61. The maximum absolute atomic E-state index is 12.3. The molecule has 0 amide bonds. The van der Waals surface area contributed by atoms with E-state index in [2.05, 4.69) is 4.99 Å². The van der Waals surface area contributed by atoms with E-state index >= 15 is 0 Å². The minimum absolute atomic E-state index is 0.325. The molecule has 0 aliphatic carbocycles. The zero-order valence-electron chi connectivity index (χ0n) is 11.7. The number of carbonyl (C=O) groups is 2. The summed E-state index contributed by atoms with van der Waals surface area (Å²) >= 11 is 0. The van der Waals surface area contributed by atoms with E-state index in [0.29, 0.717) is 27.9 Å². The number of rotatable bonds is 4. The Morgan fingerprint density at radius 1 is 0.905 bits per heavy atom. The molecule has 0 bridgehead atoms. The number of nitrogens with zero attached hydrogens (tertiary/aromatic N) is 1. The summed E-state index contributed by atoms with van der Waals surface area (Å²) in [5.74, 6) is -1.12. The minimum atomic E-state index is -0.566. The standard InChI is InChI=1S/C17H13NO3/c1-11-12(2)15(18-10-19)9-8-14(11)17(21)16(20)13-6-4-3-5-7-13/h3-9H,1-2H3. The van der Waals surface area contributed by atoms with E-state index in [1.807, 2.05) is 0 Å². The molecule has 0 spiro atoms. The van der Waals surface area contributed by atoms with E-state index in [1.165, 1.54) is 12.1 Å². The van der Waals surface area contributed by atoms with Gasteiger partial charge in [0, 0.05) is 11.1 Å². The maximum atomic E-state index is 12.3. The first kappa shape index (κ1) is 14.6. The van der Waals surface area contributed by atoms with Crippen molar-refractivity contribution in [3.05, 3.63) is 64.7 Å². The van der Waals surface area contributed by atoms with Crippen molar-refractivity contribution in [1.82, 2.24) is 0 Å². The van der Waals surface area contributed by atoms with Crippen molar-refractivity contribution in [2.45, 2.75) is 13.8 Å². The first-order chi connectivity index (χ1) is 10.1. The van der Waals surface area contributed by atoms with Crippen LogP contribution in [0.1, 0.15) is 31.8 Å². The van der Waals surface area contributed by atoms with Gasteiger partial charge in [-0.1, -0.05) is 30.3 Å². The molecule has 0 aromatic heterocycles. The van der Waals surface area contributed by atoms with Gasteiger partial charge in [0.2, 0.25) is 17.6 Å². The SMILES string of the molecule is Cc1c(N=C=O)ccc(C(=O)C(=O)c2ccccc2)c1C. The fraction of sp³-hybridized carbons (Fsp3) is 0.118. The summed E-state index contributed by atoms with van der Waals surface area (Å²) in [7, 11) is 0. The normalized spacial score (nSPS) is 9.81. The topological polar surface area (TPSA) is 63.6 Å². The second-order valence-electron chi connectivity index (χ2n) is 4.61. The van der Waals surface area contributed by atoms with Gasteiger partial charge in [-0.2, -0.15) is 4.99 Å². The summed E-state index contributed by atoms with van der Waals surface area (Å²) in [4.78, 5) is 38.4. The first-order valence-corrected chi connectivity index (χ1v) is 6.38. The smallest absolute Gasteiger partial charge is 0.240 e. The van der Waals surface area contributed by atoms with Gasteiger partial charge in [0.1, 0.15) is 0 Å². The van der Waals surface area contributed by atoms with Crippen LogP contribution in [-0.4, -0.2) is 17.6 Å². The lowest BCUT2D eigenvalue weighted by molar-refractivity contribution is 0.0816. The highest BCUT2D eigenvalue weighted by molar-refractivity contribution is 6.49.